The SMILES string of the molecule is O=C(CC1CCNCC1Cc1cc(CN2CCN(c3ccccc3)CC2)on1)N1CCc2ccccc2C1. The second-order valence-corrected chi connectivity index (χ2v) is 11.1. The van der Waals surface area contributed by atoms with Crippen LogP contribution in [0.1, 0.15) is 35.4 Å². The molecule has 3 aromatic rings. The molecule has 0 radical (unpaired) electrons. The fraction of sp³-hybridized carbons (Fsp3) is 0.484. The van der Waals surface area contributed by atoms with Gasteiger partial charge in [-0.25, -0.2) is 0 Å². The van der Waals surface area contributed by atoms with Crippen molar-refractivity contribution in [2.45, 2.75) is 38.8 Å². The maximum Gasteiger partial charge on any atom is 0.223 e. The minimum absolute atomic E-state index is 0.298. The molecule has 4 heterocycles. The quantitative estimate of drug-likeness (QED) is 0.519. The van der Waals surface area contributed by atoms with Crippen LogP contribution in [0.25, 0.3) is 0 Å². The average molecular weight is 514 g/mol. The van der Waals surface area contributed by atoms with E-state index in [0.29, 0.717) is 24.2 Å². The van der Waals surface area contributed by atoms with Gasteiger partial charge in [0.2, 0.25) is 5.91 Å². The highest BCUT2D eigenvalue weighted by Gasteiger charge is 2.31. The smallest absolute Gasteiger partial charge is 0.223 e. The first-order valence-electron chi connectivity index (χ1n) is 14.2. The van der Waals surface area contributed by atoms with Crippen molar-refractivity contribution in [3.8, 4) is 0 Å². The molecule has 7 heteroatoms. The van der Waals surface area contributed by atoms with Crippen molar-refractivity contribution < 1.29 is 9.32 Å². The first kappa shape index (κ1) is 25.1. The lowest BCUT2D eigenvalue weighted by molar-refractivity contribution is -0.133. The Bertz CT molecular complexity index is 1200. The summed E-state index contributed by atoms with van der Waals surface area (Å²) in [6, 6.07) is 21.3. The Labute approximate surface area is 225 Å². The highest BCUT2D eigenvalue weighted by molar-refractivity contribution is 5.77. The predicted octanol–water partition coefficient (Wildman–Crippen LogP) is 3.74. The molecule has 38 heavy (non-hydrogen) atoms. The second kappa shape index (κ2) is 11.7. The zero-order chi connectivity index (χ0) is 25.7. The Kier molecular flexibility index (Phi) is 7.74. The number of carbonyl (C=O) groups excluding carboxylic acids is 1. The van der Waals surface area contributed by atoms with E-state index in [1.165, 1.54) is 16.8 Å². The number of carbonyl (C=O) groups is 1. The zero-order valence-electron chi connectivity index (χ0n) is 22.2. The van der Waals surface area contributed by atoms with Crippen LogP contribution in [0.3, 0.4) is 0 Å². The number of para-hydroxylation sites is 1. The zero-order valence-corrected chi connectivity index (χ0v) is 22.2. The second-order valence-electron chi connectivity index (χ2n) is 11.1. The van der Waals surface area contributed by atoms with Crippen LogP contribution in [-0.4, -0.2) is 66.7 Å². The van der Waals surface area contributed by atoms with E-state index in [1.54, 1.807) is 0 Å². The molecule has 1 aromatic heterocycles. The van der Waals surface area contributed by atoms with Gasteiger partial charge in [-0.2, -0.15) is 0 Å². The third-order valence-corrected chi connectivity index (χ3v) is 8.64. The highest BCUT2D eigenvalue weighted by atomic mass is 16.5. The van der Waals surface area contributed by atoms with Crippen molar-refractivity contribution >= 4 is 11.6 Å². The largest absolute Gasteiger partial charge is 0.369 e. The minimum Gasteiger partial charge on any atom is -0.369 e. The number of fused-ring (bicyclic) bond motifs is 1. The van der Waals surface area contributed by atoms with Crippen LogP contribution in [0, 0.1) is 11.8 Å². The van der Waals surface area contributed by atoms with E-state index in [9.17, 15) is 4.79 Å². The number of rotatable bonds is 7. The summed E-state index contributed by atoms with van der Waals surface area (Å²) >= 11 is 0. The van der Waals surface area contributed by atoms with Crippen LogP contribution >= 0.6 is 0 Å². The molecule has 0 saturated carbocycles. The van der Waals surface area contributed by atoms with Crippen molar-refractivity contribution in [3.05, 3.63) is 83.2 Å². The minimum atomic E-state index is 0.298. The van der Waals surface area contributed by atoms with E-state index >= 15 is 0 Å². The molecule has 2 atom stereocenters. The van der Waals surface area contributed by atoms with Gasteiger partial charge in [0.15, 0.2) is 5.76 Å². The normalized spacial score (nSPS) is 22.3. The third kappa shape index (κ3) is 5.94. The lowest BCUT2D eigenvalue weighted by Crippen LogP contribution is -2.45. The van der Waals surface area contributed by atoms with Crippen LogP contribution in [0.2, 0.25) is 0 Å². The number of benzene rings is 2. The van der Waals surface area contributed by atoms with E-state index in [0.717, 1.165) is 89.6 Å². The summed E-state index contributed by atoms with van der Waals surface area (Å²) in [6.07, 6.45) is 3.49. The van der Waals surface area contributed by atoms with E-state index < -0.39 is 0 Å². The van der Waals surface area contributed by atoms with Crippen LogP contribution in [0.5, 0.6) is 0 Å². The van der Waals surface area contributed by atoms with Crippen molar-refractivity contribution in [1.82, 2.24) is 20.3 Å². The van der Waals surface area contributed by atoms with Crippen LogP contribution in [0.15, 0.2) is 65.2 Å². The Hall–Kier alpha value is -3.16. The van der Waals surface area contributed by atoms with Gasteiger partial charge in [0.1, 0.15) is 0 Å². The molecule has 200 valence electrons. The molecule has 1 N–H and O–H groups in total. The molecule has 3 aliphatic rings. The third-order valence-electron chi connectivity index (χ3n) is 8.64. The number of piperazine rings is 1. The van der Waals surface area contributed by atoms with Gasteiger partial charge >= 0.3 is 0 Å². The summed E-state index contributed by atoms with van der Waals surface area (Å²) in [7, 11) is 0. The molecule has 7 nitrogen and oxygen atoms in total. The Morgan fingerprint density at radius 2 is 1.74 bits per heavy atom. The van der Waals surface area contributed by atoms with E-state index in [-0.39, 0.29) is 0 Å². The molecular formula is C31H39N5O2. The lowest BCUT2D eigenvalue weighted by Gasteiger charge is -2.35. The van der Waals surface area contributed by atoms with E-state index in [2.05, 4.69) is 85.8 Å². The van der Waals surface area contributed by atoms with Crippen LogP contribution in [0.4, 0.5) is 5.69 Å². The molecular weight excluding hydrogens is 474 g/mol. The van der Waals surface area contributed by atoms with Crippen LogP contribution < -0.4 is 10.2 Å². The lowest BCUT2D eigenvalue weighted by atomic mass is 9.80. The van der Waals surface area contributed by atoms with Gasteiger partial charge in [-0.05, 0) is 67.4 Å². The maximum atomic E-state index is 13.3. The predicted molar refractivity (Wildman–Crippen MR) is 149 cm³/mol. The topological polar surface area (TPSA) is 64.9 Å². The fourth-order valence-corrected chi connectivity index (χ4v) is 6.37. The summed E-state index contributed by atoms with van der Waals surface area (Å²) in [5.41, 5.74) is 5.00. The van der Waals surface area contributed by atoms with Gasteiger partial charge in [0.25, 0.3) is 0 Å². The average Bonchev–Trinajstić information content (AvgIpc) is 3.41. The van der Waals surface area contributed by atoms with Gasteiger partial charge in [-0.3, -0.25) is 9.69 Å². The summed E-state index contributed by atoms with van der Waals surface area (Å²) in [4.78, 5) is 20.2. The summed E-state index contributed by atoms with van der Waals surface area (Å²) in [6.45, 7) is 8.38. The number of nitrogens with zero attached hydrogens (tertiary/aromatic N) is 4. The molecule has 0 aliphatic carbocycles. The van der Waals surface area contributed by atoms with Gasteiger partial charge in [-0.1, -0.05) is 47.6 Å². The number of hydrogen-bond donors (Lipinski definition) is 1. The maximum absolute atomic E-state index is 13.3. The molecule has 2 aromatic carbocycles. The number of nitrogens with one attached hydrogen (secondary N) is 1. The highest BCUT2D eigenvalue weighted by Crippen LogP contribution is 2.28. The molecule has 2 fully saturated rings. The number of anilines is 1. The molecule has 0 bridgehead atoms. The number of amides is 1. The van der Waals surface area contributed by atoms with Crippen molar-refractivity contribution in [2.75, 3.05) is 50.7 Å². The summed E-state index contributed by atoms with van der Waals surface area (Å²) in [5.74, 6) is 2.02. The number of hydrogen-bond acceptors (Lipinski definition) is 6. The van der Waals surface area contributed by atoms with Gasteiger partial charge in [-0.15, -0.1) is 0 Å². The Balaban J connectivity index is 1.00. The summed E-state index contributed by atoms with van der Waals surface area (Å²) < 4.78 is 5.76. The molecule has 1 amide bonds. The van der Waals surface area contributed by atoms with Crippen molar-refractivity contribution in [3.63, 3.8) is 0 Å². The molecule has 2 unspecified atom stereocenters. The molecule has 2 saturated heterocycles. The monoisotopic (exact) mass is 513 g/mol. The van der Waals surface area contributed by atoms with Gasteiger partial charge in [0.05, 0.1) is 12.2 Å². The summed E-state index contributed by atoms with van der Waals surface area (Å²) in [5, 5.41) is 7.98. The van der Waals surface area contributed by atoms with Gasteiger partial charge in [0, 0.05) is 57.4 Å². The van der Waals surface area contributed by atoms with Crippen LogP contribution in [-0.2, 0) is 30.7 Å². The Morgan fingerprint density at radius 1 is 0.947 bits per heavy atom. The fourth-order valence-electron chi connectivity index (χ4n) is 6.37. The Morgan fingerprint density at radius 3 is 2.58 bits per heavy atom. The van der Waals surface area contributed by atoms with E-state index in [4.69, 9.17) is 4.52 Å². The standard InChI is InChI=1S/C31H39N5O2/c37-31(36-13-11-24-6-4-5-7-26(24)22-36)19-25-10-12-32-21-27(25)18-28-20-30(38-33-28)23-34-14-16-35(17-15-34)29-8-2-1-3-9-29/h1-9,20,25,27,32H,10-19,21-23H2. The van der Waals surface area contributed by atoms with Gasteiger partial charge < -0.3 is 19.6 Å². The van der Waals surface area contributed by atoms with Crippen molar-refractivity contribution in [2.24, 2.45) is 11.8 Å². The molecule has 6 rings (SSSR count). The van der Waals surface area contributed by atoms with E-state index in [1.807, 2.05) is 0 Å². The molecule has 0 spiro atoms. The molecule has 3 aliphatic heterocycles. The van der Waals surface area contributed by atoms with Crippen molar-refractivity contribution in [1.29, 1.82) is 0 Å². The number of aromatic nitrogens is 1. The first-order chi connectivity index (χ1) is 18.7. The number of piperidine rings is 1. The first-order valence-corrected chi connectivity index (χ1v) is 14.2.